The number of rotatable bonds is 10. The normalized spacial score (nSPS) is 32.2. The van der Waals surface area contributed by atoms with Crippen LogP contribution in [0.25, 0.3) is 0 Å². The van der Waals surface area contributed by atoms with Gasteiger partial charge in [-0.3, -0.25) is 14.4 Å². The standard InChI is InChI=1S/C27H39N3O5S/c1-6-8-16(4)28-25(33)23-27-15(3)13-20(36-27)21(22(27)26(34)30(23)17(5)14-31)24(32)29-18-9-11-19(12-10-18)35-7-2/h9-12,15-17,20-23,31H,6-8,13-14H2,1-5H3,(H,28,33)(H,29,32)/t15?,16?,17-,20-,21+,22+,23?,27?/m1/s1. The summed E-state index contributed by atoms with van der Waals surface area (Å²) in [5.41, 5.74) is 0.645. The van der Waals surface area contributed by atoms with Crippen molar-refractivity contribution in [1.29, 1.82) is 0 Å². The molecule has 3 aliphatic heterocycles. The van der Waals surface area contributed by atoms with Gasteiger partial charge in [-0.1, -0.05) is 20.3 Å². The van der Waals surface area contributed by atoms with E-state index in [1.165, 1.54) is 0 Å². The summed E-state index contributed by atoms with van der Waals surface area (Å²) in [6, 6.07) is 5.95. The number of benzene rings is 1. The highest BCUT2D eigenvalue weighted by Crippen LogP contribution is 2.68. The van der Waals surface area contributed by atoms with Crippen LogP contribution in [0.15, 0.2) is 24.3 Å². The Kier molecular flexibility index (Phi) is 7.90. The van der Waals surface area contributed by atoms with Crippen molar-refractivity contribution in [1.82, 2.24) is 10.2 Å². The van der Waals surface area contributed by atoms with Crippen molar-refractivity contribution in [3.05, 3.63) is 24.3 Å². The number of ether oxygens (including phenoxy) is 1. The maximum Gasteiger partial charge on any atom is 0.244 e. The Morgan fingerprint density at radius 2 is 1.92 bits per heavy atom. The lowest BCUT2D eigenvalue weighted by atomic mass is 9.65. The van der Waals surface area contributed by atoms with Gasteiger partial charge in [-0.15, -0.1) is 11.8 Å². The third kappa shape index (κ3) is 4.38. The van der Waals surface area contributed by atoms with Crippen molar-refractivity contribution in [3.63, 3.8) is 0 Å². The predicted octanol–water partition coefficient (Wildman–Crippen LogP) is 3.05. The molecule has 0 aromatic heterocycles. The Morgan fingerprint density at radius 3 is 2.53 bits per heavy atom. The van der Waals surface area contributed by atoms with Crippen molar-refractivity contribution in [3.8, 4) is 5.75 Å². The lowest BCUT2D eigenvalue weighted by Gasteiger charge is -2.40. The lowest BCUT2D eigenvalue weighted by molar-refractivity contribution is -0.141. The lowest BCUT2D eigenvalue weighted by Crippen LogP contribution is -2.59. The average Bonchev–Trinajstić information content (AvgIpc) is 3.43. The van der Waals surface area contributed by atoms with Crippen molar-refractivity contribution < 1.29 is 24.2 Å². The number of anilines is 1. The summed E-state index contributed by atoms with van der Waals surface area (Å²) in [7, 11) is 0. The van der Waals surface area contributed by atoms with Crippen LogP contribution < -0.4 is 15.4 Å². The highest BCUT2D eigenvalue weighted by Gasteiger charge is 2.76. The van der Waals surface area contributed by atoms with Gasteiger partial charge in [0.05, 0.1) is 35.8 Å². The number of aliphatic hydroxyl groups excluding tert-OH is 1. The number of likely N-dealkylation sites (tertiary alicyclic amines) is 1. The van der Waals surface area contributed by atoms with E-state index >= 15 is 0 Å². The van der Waals surface area contributed by atoms with Gasteiger partial charge in [-0.2, -0.15) is 0 Å². The van der Waals surface area contributed by atoms with Crippen molar-refractivity contribution in [2.24, 2.45) is 17.8 Å². The van der Waals surface area contributed by atoms with Crippen LogP contribution in [0.4, 0.5) is 5.69 Å². The maximum atomic E-state index is 14.0. The predicted molar refractivity (Wildman–Crippen MR) is 141 cm³/mol. The Labute approximate surface area is 217 Å². The molecule has 1 aromatic rings. The quantitative estimate of drug-likeness (QED) is 0.440. The highest BCUT2D eigenvalue weighted by molar-refractivity contribution is 8.02. The average molecular weight is 518 g/mol. The Morgan fingerprint density at radius 1 is 1.22 bits per heavy atom. The fourth-order valence-corrected chi connectivity index (χ4v) is 8.88. The van der Waals surface area contributed by atoms with E-state index in [1.54, 1.807) is 47.9 Å². The molecule has 1 spiro atoms. The van der Waals surface area contributed by atoms with Gasteiger partial charge in [-0.25, -0.2) is 0 Å². The summed E-state index contributed by atoms with van der Waals surface area (Å²) in [6.45, 7) is 10.1. The smallest absolute Gasteiger partial charge is 0.244 e. The molecule has 0 radical (unpaired) electrons. The minimum Gasteiger partial charge on any atom is -0.494 e. The van der Waals surface area contributed by atoms with Crippen LogP contribution in [0.3, 0.4) is 0 Å². The van der Waals surface area contributed by atoms with Crippen LogP contribution in [0, 0.1) is 17.8 Å². The molecule has 8 nitrogen and oxygen atoms in total. The van der Waals surface area contributed by atoms with Crippen LogP contribution in [0.2, 0.25) is 0 Å². The molecule has 9 heteroatoms. The number of thioether (sulfide) groups is 1. The molecular formula is C27H39N3O5S. The van der Waals surface area contributed by atoms with E-state index < -0.39 is 28.7 Å². The van der Waals surface area contributed by atoms with Gasteiger partial charge >= 0.3 is 0 Å². The molecular weight excluding hydrogens is 478 g/mol. The first kappa shape index (κ1) is 26.8. The first-order chi connectivity index (χ1) is 17.2. The van der Waals surface area contributed by atoms with Crippen molar-refractivity contribution in [2.75, 3.05) is 18.5 Å². The molecule has 3 saturated heterocycles. The summed E-state index contributed by atoms with van der Waals surface area (Å²) in [4.78, 5) is 42.9. The maximum absolute atomic E-state index is 14.0. The van der Waals surface area contributed by atoms with E-state index in [1.807, 2.05) is 13.8 Å². The third-order valence-electron chi connectivity index (χ3n) is 8.02. The number of carbonyl (C=O) groups is 3. The zero-order chi connectivity index (χ0) is 26.2. The first-order valence-corrected chi connectivity index (χ1v) is 14.0. The molecule has 3 aliphatic rings. The minimum absolute atomic E-state index is 0.0167. The number of fused-ring (bicyclic) bond motifs is 1. The van der Waals surface area contributed by atoms with E-state index in [4.69, 9.17) is 4.74 Å². The number of aliphatic hydroxyl groups is 1. The molecule has 8 atom stereocenters. The zero-order valence-corrected chi connectivity index (χ0v) is 22.6. The molecule has 4 unspecified atom stereocenters. The molecule has 3 amide bonds. The largest absolute Gasteiger partial charge is 0.494 e. The second-order valence-corrected chi connectivity index (χ2v) is 12.0. The van der Waals surface area contributed by atoms with Crippen LogP contribution in [-0.4, -0.2) is 69.1 Å². The molecule has 0 saturated carbocycles. The van der Waals surface area contributed by atoms with Gasteiger partial charge in [0.15, 0.2) is 0 Å². The van der Waals surface area contributed by atoms with Gasteiger partial charge in [0, 0.05) is 17.0 Å². The van der Waals surface area contributed by atoms with Gasteiger partial charge in [0.25, 0.3) is 0 Å². The van der Waals surface area contributed by atoms with E-state index in [0.717, 1.165) is 25.0 Å². The summed E-state index contributed by atoms with van der Waals surface area (Å²) in [5.74, 6) is -0.906. The van der Waals surface area contributed by atoms with Crippen molar-refractivity contribution in [2.45, 2.75) is 82.0 Å². The fourth-order valence-electron chi connectivity index (χ4n) is 6.47. The molecule has 4 rings (SSSR count). The van der Waals surface area contributed by atoms with Crippen LogP contribution in [0.5, 0.6) is 5.75 Å². The van der Waals surface area contributed by atoms with Gasteiger partial charge in [0.2, 0.25) is 17.7 Å². The van der Waals surface area contributed by atoms with Crippen LogP contribution in [0.1, 0.15) is 53.9 Å². The Balaban J connectivity index is 1.64. The fraction of sp³-hybridized carbons (Fsp3) is 0.667. The summed E-state index contributed by atoms with van der Waals surface area (Å²) >= 11 is 1.64. The number of carbonyl (C=O) groups excluding carboxylic acids is 3. The molecule has 3 heterocycles. The van der Waals surface area contributed by atoms with Crippen molar-refractivity contribution >= 4 is 35.2 Å². The highest BCUT2D eigenvalue weighted by atomic mass is 32.2. The van der Waals surface area contributed by atoms with Gasteiger partial charge in [0.1, 0.15) is 11.8 Å². The molecule has 3 N–H and O–H groups in total. The SMILES string of the molecule is CCCC(C)NC(=O)C1N([C@H](C)CO)C(=O)[C@@H]2[C@@H](C(=O)Nc3ccc(OCC)cc3)[C@H]3CC(C)C12S3. The number of amides is 3. The number of nitrogens with one attached hydrogen (secondary N) is 2. The van der Waals surface area contributed by atoms with E-state index in [2.05, 4.69) is 24.5 Å². The molecule has 36 heavy (non-hydrogen) atoms. The molecule has 0 aliphatic carbocycles. The van der Waals surface area contributed by atoms with Crippen LogP contribution >= 0.6 is 11.8 Å². The molecule has 198 valence electrons. The molecule has 1 aromatic carbocycles. The van der Waals surface area contributed by atoms with E-state index in [-0.39, 0.29) is 41.5 Å². The topological polar surface area (TPSA) is 108 Å². The summed E-state index contributed by atoms with van der Waals surface area (Å²) < 4.78 is 4.79. The second kappa shape index (κ2) is 10.6. The number of hydrogen-bond donors (Lipinski definition) is 3. The monoisotopic (exact) mass is 517 g/mol. The number of hydrogen-bond acceptors (Lipinski definition) is 6. The Hall–Kier alpha value is -2.26. The summed E-state index contributed by atoms with van der Waals surface area (Å²) in [5, 5.41) is 16.1. The number of nitrogens with zero attached hydrogens (tertiary/aromatic N) is 1. The van der Waals surface area contributed by atoms with E-state index in [0.29, 0.717) is 12.3 Å². The van der Waals surface area contributed by atoms with Crippen LogP contribution in [-0.2, 0) is 14.4 Å². The first-order valence-electron chi connectivity index (χ1n) is 13.1. The minimum atomic E-state index is -0.718. The van der Waals surface area contributed by atoms with Gasteiger partial charge in [-0.05, 0) is 63.8 Å². The molecule has 2 bridgehead atoms. The molecule has 3 fully saturated rings. The van der Waals surface area contributed by atoms with Gasteiger partial charge < -0.3 is 25.4 Å². The zero-order valence-electron chi connectivity index (χ0n) is 21.8. The third-order valence-corrected chi connectivity index (χ3v) is 10.1. The second-order valence-electron chi connectivity index (χ2n) is 10.5. The van der Waals surface area contributed by atoms with E-state index in [9.17, 15) is 19.5 Å². The summed E-state index contributed by atoms with van der Waals surface area (Å²) in [6.07, 6.45) is 2.55. The Bertz CT molecular complexity index is 988.